The monoisotopic (exact) mass is 402 g/mol. The third-order valence-electron chi connectivity index (χ3n) is 3.62. The van der Waals surface area contributed by atoms with Gasteiger partial charge >= 0.3 is 5.97 Å². The molecule has 2 rings (SSSR count). The third-order valence-corrected chi connectivity index (χ3v) is 4.15. The summed E-state index contributed by atoms with van der Waals surface area (Å²) in [5.41, 5.74) is 6.11. The number of carbonyl (C=O) groups excluding carboxylic acids is 1. The molecule has 0 aliphatic carbocycles. The van der Waals surface area contributed by atoms with Crippen molar-refractivity contribution in [3.63, 3.8) is 0 Å². The summed E-state index contributed by atoms with van der Waals surface area (Å²) in [7, 11) is 0. The molecule has 132 valence electrons. The van der Waals surface area contributed by atoms with E-state index in [0.29, 0.717) is 13.0 Å². The first kappa shape index (κ1) is 19.2. The van der Waals surface area contributed by atoms with Gasteiger partial charge in [0.2, 0.25) is 0 Å². The lowest BCUT2D eigenvalue weighted by atomic mass is 10.0. The van der Waals surface area contributed by atoms with Crippen molar-refractivity contribution >= 4 is 33.3 Å². The molecule has 0 atom stereocenters. The second kappa shape index (κ2) is 10.7. The van der Waals surface area contributed by atoms with Crippen molar-refractivity contribution in [3.8, 4) is 0 Å². The lowest BCUT2D eigenvalue weighted by molar-refractivity contribution is -0.143. The van der Waals surface area contributed by atoms with E-state index in [-0.39, 0.29) is 5.97 Å². The number of carbonyl (C=O) groups is 1. The van der Waals surface area contributed by atoms with Crippen LogP contribution in [0.15, 0.2) is 64.2 Å². The van der Waals surface area contributed by atoms with E-state index in [1.165, 1.54) is 0 Å². The Kier molecular flexibility index (Phi) is 8.19. The lowest BCUT2D eigenvalue weighted by Gasteiger charge is -2.08. The topological polar surface area (TPSA) is 50.7 Å². The average molecular weight is 403 g/mol. The van der Waals surface area contributed by atoms with Crippen LogP contribution in [0, 0.1) is 0 Å². The summed E-state index contributed by atoms with van der Waals surface area (Å²) in [5.74, 6) is -0.131. The second-order valence-corrected chi connectivity index (χ2v) is 6.47. The van der Waals surface area contributed by atoms with E-state index in [0.717, 1.165) is 40.7 Å². The molecule has 0 amide bonds. The van der Waals surface area contributed by atoms with Crippen LogP contribution in [-0.2, 0) is 9.53 Å². The number of nitrogens with zero attached hydrogens (tertiary/aromatic N) is 1. The highest BCUT2D eigenvalue weighted by atomic mass is 79.9. The molecule has 0 aliphatic heterocycles. The SMILES string of the molecule is CCOC(=O)CCCC/C(=N/Nc1ccc(Br)cc1)c1ccccc1. The summed E-state index contributed by atoms with van der Waals surface area (Å²) in [6, 6.07) is 18.0. The van der Waals surface area contributed by atoms with Gasteiger partial charge in [0.15, 0.2) is 0 Å². The fraction of sp³-hybridized carbons (Fsp3) is 0.300. The number of hydrogen-bond acceptors (Lipinski definition) is 4. The molecule has 0 fully saturated rings. The quantitative estimate of drug-likeness (QED) is 0.264. The van der Waals surface area contributed by atoms with Crippen LogP contribution in [0.3, 0.4) is 0 Å². The number of unbranched alkanes of at least 4 members (excludes halogenated alkanes) is 1. The Labute approximate surface area is 157 Å². The molecular weight excluding hydrogens is 380 g/mol. The fourth-order valence-corrected chi connectivity index (χ4v) is 2.61. The molecule has 25 heavy (non-hydrogen) atoms. The highest BCUT2D eigenvalue weighted by Gasteiger charge is 2.06. The Morgan fingerprint density at radius 1 is 1.04 bits per heavy atom. The van der Waals surface area contributed by atoms with E-state index in [2.05, 4.69) is 26.5 Å². The second-order valence-electron chi connectivity index (χ2n) is 5.56. The summed E-state index contributed by atoms with van der Waals surface area (Å²) < 4.78 is 5.99. The number of halogens is 1. The number of rotatable bonds is 9. The van der Waals surface area contributed by atoms with E-state index in [1.54, 1.807) is 0 Å². The Morgan fingerprint density at radius 3 is 2.40 bits per heavy atom. The van der Waals surface area contributed by atoms with Crippen LogP contribution in [0.1, 0.15) is 38.2 Å². The smallest absolute Gasteiger partial charge is 0.305 e. The molecule has 4 nitrogen and oxygen atoms in total. The summed E-state index contributed by atoms with van der Waals surface area (Å²) in [4.78, 5) is 11.4. The van der Waals surface area contributed by atoms with Crippen LogP contribution in [0.2, 0.25) is 0 Å². The molecule has 0 bridgehead atoms. The molecule has 0 aliphatic rings. The predicted octanol–water partition coefficient (Wildman–Crippen LogP) is 5.39. The molecular formula is C20H23BrN2O2. The van der Waals surface area contributed by atoms with E-state index >= 15 is 0 Å². The summed E-state index contributed by atoms with van der Waals surface area (Å²) in [5, 5.41) is 4.58. The van der Waals surface area contributed by atoms with E-state index in [4.69, 9.17) is 4.74 Å². The van der Waals surface area contributed by atoms with Crippen LogP contribution in [0.25, 0.3) is 0 Å². The van der Waals surface area contributed by atoms with Crippen molar-refractivity contribution in [3.05, 3.63) is 64.6 Å². The number of anilines is 1. The Balaban J connectivity index is 1.97. The minimum absolute atomic E-state index is 0.131. The number of esters is 1. The number of hydrogen-bond donors (Lipinski definition) is 1. The van der Waals surface area contributed by atoms with Gasteiger partial charge in [0, 0.05) is 10.9 Å². The molecule has 0 radical (unpaired) electrons. The summed E-state index contributed by atoms with van der Waals surface area (Å²) >= 11 is 3.43. The maximum Gasteiger partial charge on any atom is 0.305 e. The Hall–Kier alpha value is -2.14. The Morgan fingerprint density at radius 2 is 1.72 bits per heavy atom. The van der Waals surface area contributed by atoms with E-state index in [1.807, 2.05) is 61.5 Å². The van der Waals surface area contributed by atoms with Crippen LogP contribution in [0.4, 0.5) is 5.69 Å². The van der Waals surface area contributed by atoms with Gasteiger partial charge in [0.05, 0.1) is 18.0 Å². The molecule has 0 saturated heterocycles. The number of hydrazone groups is 1. The lowest BCUT2D eigenvalue weighted by Crippen LogP contribution is -2.06. The van der Waals surface area contributed by atoms with Crippen molar-refractivity contribution in [2.75, 3.05) is 12.0 Å². The maximum atomic E-state index is 11.4. The highest BCUT2D eigenvalue weighted by molar-refractivity contribution is 9.10. The van der Waals surface area contributed by atoms with Gasteiger partial charge in [0.1, 0.15) is 0 Å². The van der Waals surface area contributed by atoms with Crippen molar-refractivity contribution in [1.29, 1.82) is 0 Å². The van der Waals surface area contributed by atoms with Crippen LogP contribution < -0.4 is 5.43 Å². The first-order chi connectivity index (χ1) is 12.2. The molecule has 0 spiro atoms. The third kappa shape index (κ3) is 7.10. The standard InChI is InChI=1S/C20H23BrN2O2/c1-2-25-20(24)11-7-6-10-19(16-8-4-3-5-9-16)23-22-18-14-12-17(21)13-15-18/h3-5,8-9,12-15,22H,2,6-7,10-11H2,1H3/b23-19-. The van der Waals surface area contributed by atoms with Crippen LogP contribution in [0.5, 0.6) is 0 Å². The zero-order valence-corrected chi connectivity index (χ0v) is 16.0. The van der Waals surface area contributed by atoms with Gasteiger partial charge in [-0.15, -0.1) is 0 Å². The first-order valence-electron chi connectivity index (χ1n) is 8.48. The molecule has 1 N–H and O–H groups in total. The molecule has 0 heterocycles. The van der Waals surface area contributed by atoms with Gasteiger partial charge in [-0.05, 0) is 56.0 Å². The van der Waals surface area contributed by atoms with Gasteiger partial charge < -0.3 is 4.74 Å². The maximum absolute atomic E-state index is 11.4. The zero-order chi connectivity index (χ0) is 17.9. The molecule has 0 saturated carbocycles. The molecule has 2 aromatic rings. The van der Waals surface area contributed by atoms with Gasteiger partial charge in [-0.2, -0.15) is 5.10 Å². The largest absolute Gasteiger partial charge is 0.466 e. The number of ether oxygens (including phenoxy) is 1. The molecule has 0 unspecified atom stereocenters. The van der Waals surface area contributed by atoms with Crippen LogP contribution in [-0.4, -0.2) is 18.3 Å². The highest BCUT2D eigenvalue weighted by Crippen LogP contribution is 2.15. The van der Waals surface area contributed by atoms with E-state index < -0.39 is 0 Å². The summed E-state index contributed by atoms with van der Waals surface area (Å²) in [6.07, 6.45) is 2.93. The van der Waals surface area contributed by atoms with Gasteiger partial charge in [-0.25, -0.2) is 0 Å². The van der Waals surface area contributed by atoms with Gasteiger partial charge in [-0.1, -0.05) is 46.3 Å². The van der Waals surface area contributed by atoms with Crippen molar-refractivity contribution < 1.29 is 9.53 Å². The zero-order valence-electron chi connectivity index (χ0n) is 14.4. The number of benzene rings is 2. The fourth-order valence-electron chi connectivity index (χ4n) is 2.35. The van der Waals surface area contributed by atoms with E-state index in [9.17, 15) is 4.79 Å². The summed E-state index contributed by atoms with van der Waals surface area (Å²) in [6.45, 7) is 2.26. The molecule has 0 aromatic heterocycles. The minimum atomic E-state index is -0.131. The van der Waals surface area contributed by atoms with Gasteiger partial charge in [-0.3, -0.25) is 10.2 Å². The average Bonchev–Trinajstić information content (AvgIpc) is 2.63. The van der Waals surface area contributed by atoms with Crippen LogP contribution >= 0.6 is 15.9 Å². The van der Waals surface area contributed by atoms with Crippen molar-refractivity contribution in [2.45, 2.75) is 32.6 Å². The van der Waals surface area contributed by atoms with Crippen molar-refractivity contribution in [1.82, 2.24) is 0 Å². The minimum Gasteiger partial charge on any atom is -0.466 e. The Bertz CT molecular complexity index is 685. The van der Waals surface area contributed by atoms with Crippen molar-refractivity contribution in [2.24, 2.45) is 5.10 Å². The first-order valence-corrected chi connectivity index (χ1v) is 9.27. The molecule has 2 aromatic carbocycles. The van der Waals surface area contributed by atoms with Gasteiger partial charge in [0.25, 0.3) is 0 Å². The normalized spacial score (nSPS) is 11.2. The molecule has 5 heteroatoms. The number of nitrogens with one attached hydrogen (secondary N) is 1. The predicted molar refractivity (Wildman–Crippen MR) is 106 cm³/mol.